The second kappa shape index (κ2) is 8.43. The van der Waals surface area contributed by atoms with Crippen LogP contribution < -0.4 is 5.73 Å². The number of hydrogen-bond acceptors (Lipinski definition) is 6. The Hall–Kier alpha value is -2.32. The zero-order valence-electron chi connectivity index (χ0n) is 16.8. The molecule has 4 N–H and O–H groups in total. The van der Waals surface area contributed by atoms with Gasteiger partial charge in [-0.15, -0.1) is 10.2 Å². The van der Waals surface area contributed by atoms with Crippen molar-refractivity contribution in [1.82, 2.24) is 10.2 Å². The van der Waals surface area contributed by atoms with E-state index >= 15 is 0 Å². The molecule has 0 bridgehead atoms. The molecule has 1 aromatic carbocycles. The molecule has 1 aliphatic heterocycles. The number of aliphatic hydroxyl groups excluding tert-OH is 1. The van der Waals surface area contributed by atoms with Gasteiger partial charge in [-0.25, -0.2) is 8.78 Å². The van der Waals surface area contributed by atoms with Crippen molar-refractivity contribution in [3.8, 4) is 17.0 Å². The third kappa shape index (κ3) is 4.39. The van der Waals surface area contributed by atoms with E-state index in [0.29, 0.717) is 30.1 Å². The van der Waals surface area contributed by atoms with Crippen LogP contribution in [0.15, 0.2) is 18.2 Å². The monoisotopic (exact) mass is 419 g/mol. The molecule has 2 aromatic rings. The number of anilines is 1. The molecule has 2 aliphatic carbocycles. The number of nitrogens with zero attached hydrogens (tertiary/aromatic N) is 2. The molecule has 30 heavy (non-hydrogen) atoms. The predicted molar refractivity (Wildman–Crippen MR) is 108 cm³/mol. The van der Waals surface area contributed by atoms with Gasteiger partial charge in [0, 0.05) is 23.1 Å². The van der Waals surface area contributed by atoms with Crippen LogP contribution in [0, 0.1) is 0 Å². The Kier molecular flexibility index (Phi) is 5.88. The van der Waals surface area contributed by atoms with Gasteiger partial charge in [0.05, 0.1) is 18.3 Å². The molecule has 1 aromatic heterocycles. The molecule has 2 heterocycles. The van der Waals surface area contributed by atoms with Crippen LogP contribution in [-0.2, 0) is 17.8 Å². The first-order valence-corrected chi connectivity index (χ1v) is 10.5. The van der Waals surface area contributed by atoms with Gasteiger partial charge < -0.3 is 20.7 Å². The highest BCUT2D eigenvalue weighted by molar-refractivity contribution is 5.72. The molecule has 8 heteroatoms. The molecule has 0 amide bonds. The van der Waals surface area contributed by atoms with Crippen molar-refractivity contribution in [2.24, 2.45) is 0 Å². The van der Waals surface area contributed by atoms with Crippen LogP contribution in [0.3, 0.4) is 0 Å². The van der Waals surface area contributed by atoms with Crippen LogP contribution in [-0.4, -0.2) is 32.1 Å². The Morgan fingerprint density at radius 3 is 2.40 bits per heavy atom. The lowest BCUT2D eigenvalue weighted by Crippen LogP contribution is -2.26. The summed E-state index contributed by atoms with van der Waals surface area (Å²) in [6.07, 6.45) is 5.89. The maximum Gasteiger partial charge on any atom is 0.263 e. The number of hydrogen-bond donors (Lipinski definition) is 3. The third-order valence-corrected chi connectivity index (χ3v) is 6.15. The lowest BCUT2D eigenvalue weighted by molar-refractivity contribution is 0.00838. The van der Waals surface area contributed by atoms with Gasteiger partial charge in [0.1, 0.15) is 11.4 Å². The third-order valence-electron chi connectivity index (χ3n) is 6.15. The summed E-state index contributed by atoms with van der Waals surface area (Å²) in [6, 6.07) is 3.80. The van der Waals surface area contributed by atoms with Gasteiger partial charge in [0.25, 0.3) is 6.43 Å². The summed E-state index contributed by atoms with van der Waals surface area (Å²) < 4.78 is 31.3. The zero-order chi connectivity index (χ0) is 21.3. The summed E-state index contributed by atoms with van der Waals surface area (Å²) in [4.78, 5) is 0. The molecule has 5 rings (SSSR count). The molecule has 6 nitrogen and oxygen atoms in total. The maximum absolute atomic E-state index is 12.7. The summed E-state index contributed by atoms with van der Waals surface area (Å²) in [5.41, 5.74) is 8.03. The number of phenolic OH excluding ortho intramolecular Hbond substituents is 1. The minimum Gasteiger partial charge on any atom is -0.507 e. The Labute approximate surface area is 174 Å². The molecule has 0 radical (unpaired) electrons. The first-order valence-electron chi connectivity index (χ1n) is 10.5. The van der Waals surface area contributed by atoms with Crippen molar-refractivity contribution in [2.45, 2.75) is 76.1 Å². The van der Waals surface area contributed by atoms with Crippen molar-refractivity contribution in [1.29, 1.82) is 0 Å². The van der Waals surface area contributed by atoms with Crippen molar-refractivity contribution >= 4 is 5.82 Å². The summed E-state index contributed by atoms with van der Waals surface area (Å²) in [5, 5.41) is 27.1. The normalized spacial score (nSPS) is 19.9. The Morgan fingerprint density at radius 2 is 1.83 bits per heavy atom. The van der Waals surface area contributed by atoms with Gasteiger partial charge in [-0.3, -0.25) is 0 Å². The van der Waals surface area contributed by atoms with E-state index in [2.05, 4.69) is 10.2 Å². The smallest absolute Gasteiger partial charge is 0.263 e. The van der Waals surface area contributed by atoms with E-state index < -0.39 is 6.43 Å². The fourth-order valence-electron chi connectivity index (χ4n) is 4.11. The molecule has 3 aliphatic rings. The van der Waals surface area contributed by atoms with Gasteiger partial charge in [-0.2, -0.15) is 0 Å². The topological polar surface area (TPSA) is 101 Å². The minimum atomic E-state index is -2.63. The Morgan fingerprint density at radius 1 is 1.10 bits per heavy atom. The number of aliphatic hydroxyl groups is 1. The summed E-state index contributed by atoms with van der Waals surface area (Å²) in [5.74, 6) is 0.0725. The first-order chi connectivity index (χ1) is 14.4. The van der Waals surface area contributed by atoms with E-state index in [1.165, 1.54) is 31.4 Å². The van der Waals surface area contributed by atoms with Crippen molar-refractivity contribution in [3.63, 3.8) is 0 Å². The number of aromatic hydroxyl groups is 1. The van der Waals surface area contributed by atoms with Crippen LogP contribution in [0.2, 0.25) is 0 Å². The van der Waals surface area contributed by atoms with Crippen molar-refractivity contribution in [3.05, 3.63) is 34.9 Å². The van der Waals surface area contributed by atoms with Crippen LogP contribution in [0.1, 0.15) is 68.1 Å². The fraction of sp³-hybridized carbons (Fsp3) is 0.545. The molecule has 162 valence electrons. The molecule has 0 atom stereocenters. The zero-order valence-corrected chi connectivity index (χ0v) is 16.8. The number of alkyl halides is 2. The molecular formula is C22H27F2N3O3. The number of ether oxygens (including phenoxy) is 1. The number of aromatic nitrogens is 2. The van der Waals surface area contributed by atoms with Gasteiger partial charge in [-0.1, -0.05) is 25.3 Å². The molecular weight excluding hydrogens is 392 g/mol. The van der Waals surface area contributed by atoms with E-state index in [1.54, 1.807) is 0 Å². The van der Waals surface area contributed by atoms with Gasteiger partial charge >= 0.3 is 0 Å². The highest BCUT2D eigenvalue weighted by atomic mass is 19.3. The summed E-state index contributed by atoms with van der Waals surface area (Å²) >= 11 is 0. The number of phenols is 1. The lowest BCUT2D eigenvalue weighted by atomic mass is 9.93. The Balaban J connectivity index is 0.000000265. The highest BCUT2D eigenvalue weighted by Crippen LogP contribution is 2.49. The van der Waals surface area contributed by atoms with Gasteiger partial charge in [-0.05, 0) is 43.4 Å². The average molecular weight is 419 g/mol. The van der Waals surface area contributed by atoms with E-state index in [0.717, 1.165) is 42.9 Å². The quantitative estimate of drug-likeness (QED) is 0.671. The SMILES string of the molecule is Nc1nnc(-c2ccc(C(F)F)cc2O)c2c1COC1(CC1)C2.OC1CCCCC1. The maximum atomic E-state index is 12.7. The van der Waals surface area contributed by atoms with Crippen molar-refractivity contribution < 1.29 is 23.7 Å². The second-order valence-electron chi connectivity index (χ2n) is 8.41. The first kappa shape index (κ1) is 20.9. The molecule has 1 spiro atoms. The van der Waals surface area contributed by atoms with E-state index in [4.69, 9.17) is 15.6 Å². The number of nitrogens with two attached hydrogens (primary N) is 1. The van der Waals surface area contributed by atoms with Crippen LogP contribution in [0.5, 0.6) is 5.75 Å². The predicted octanol–water partition coefficient (Wildman–Crippen LogP) is 4.29. The second-order valence-corrected chi connectivity index (χ2v) is 8.41. The van der Waals surface area contributed by atoms with Crippen LogP contribution in [0.25, 0.3) is 11.3 Å². The molecule has 0 unspecified atom stereocenters. The number of fused-ring (bicyclic) bond motifs is 1. The van der Waals surface area contributed by atoms with E-state index in [1.807, 2.05) is 0 Å². The highest BCUT2D eigenvalue weighted by Gasteiger charge is 2.48. The molecule has 2 fully saturated rings. The average Bonchev–Trinajstić information content (AvgIpc) is 3.48. The summed E-state index contributed by atoms with van der Waals surface area (Å²) in [6.45, 7) is 0.361. The Bertz CT molecular complexity index is 913. The number of benzene rings is 1. The van der Waals surface area contributed by atoms with Gasteiger partial charge in [0.15, 0.2) is 5.82 Å². The molecule has 2 saturated carbocycles. The number of rotatable bonds is 2. The fourth-order valence-corrected chi connectivity index (χ4v) is 4.11. The molecule has 0 saturated heterocycles. The van der Waals surface area contributed by atoms with Crippen molar-refractivity contribution in [2.75, 3.05) is 5.73 Å². The minimum absolute atomic E-state index is 0.0359. The van der Waals surface area contributed by atoms with E-state index in [-0.39, 0.29) is 23.0 Å². The lowest BCUT2D eigenvalue weighted by Gasteiger charge is -2.27. The largest absolute Gasteiger partial charge is 0.507 e. The van der Waals surface area contributed by atoms with Crippen LogP contribution in [0.4, 0.5) is 14.6 Å². The van der Waals surface area contributed by atoms with Gasteiger partial charge in [0.2, 0.25) is 0 Å². The standard InChI is InChI=1S/C16H15F2N3O2.C6H12O/c17-14(18)8-1-2-9(12(22)5-8)13-10-6-16(3-4-16)23-7-11(10)15(19)21-20-13;7-6-4-2-1-3-5-6/h1-2,5,14,22H,3-4,6-7H2,(H2,19,21);6-7H,1-5H2. The number of halogens is 2. The van der Waals surface area contributed by atoms with E-state index in [9.17, 15) is 13.9 Å². The van der Waals surface area contributed by atoms with Crippen LogP contribution >= 0.6 is 0 Å². The number of nitrogen functional groups attached to an aromatic ring is 1. The summed E-state index contributed by atoms with van der Waals surface area (Å²) in [7, 11) is 0.